The molecule has 2 unspecified atom stereocenters. The van der Waals surface area contributed by atoms with Crippen molar-refractivity contribution in [3.8, 4) is 17.6 Å². The highest BCUT2D eigenvalue weighted by Gasteiger charge is 2.45. The van der Waals surface area contributed by atoms with Crippen molar-refractivity contribution in [3.05, 3.63) is 52.0 Å². The molecule has 12 heteroatoms. The Morgan fingerprint density at radius 1 is 1.05 bits per heavy atom. The Hall–Kier alpha value is -1.68. The van der Waals surface area contributed by atoms with Crippen molar-refractivity contribution in [1.82, 2.24) is 9.21 Å². The van der Waals surface area contributed by atoms with Gasteiger partial charge in [-0.1, -0.05) is 44.0 Å². The smallest absolute Gasteiger partial charge is 0.246 e. The first-order valence-electron chi connectivity index (χ1n) is 13.4. The summed E-state index contributed by atoms with van der Waals surface area (Å²) in [4.78, 5) is 2.15. The predicted molar refractivity (Wildman–Crippen MR) is 159 cm³/mol. The third-order valence-corrected chi connectivity index (χ3v) is 15.1. The summed E-state index contributed by atoms with van der Waals surface area (Å²) >= 11 is 12.2. The summed E-state index contributed by atoms with van der Waals surface area (Å²) in [6.07, 6.45) is 0.438. The van der Waals surface area contributed by atoms with E-state index in [0.717, 1.165) is 0 Å². The molecule has 2 aromatic carbocycles. The van der Waals surface area contributed by atoms with Gasteiger partial charge in [0.1, 0.15) is 16.4 Å². The molecule has 2 aliphatic rings. The molecule has 1 N–H and O–H groups in total. The van der Waals surface area contributed by atoms with Crippen molar-refractivity contribution in [3.63, 3.8) is 0 Å². The second-order valence-corrected chi connectivity index (χ2v) is 19.6. The van der Waals surface area contributed by atoms with Crippen molar-refractivity contribution >= 4 is 41.5 Å². The number of nitriles is 1. The van der Waals surface area contributed by atoms with Gasteiger partial charge in [-0.2, -0.15) is 9.57 Å². The molecular formula is C28H37Cl2N3O5SSi. The zero-order valence-electron chi connectivity index (χ0n) is 23.5. The van der Waals surface area contributed by atoms with E-state index in [1.807, 2.05) is 6.07 Å². The second kappa shape index (κ2) is 11.9. The van der Waals surface area contributed by atoms with Crippen molar-refractivity contribution in [1.29, 1.82) is 5.26 Å². The Balaban J connectivity index is 1.47. The summed E-state index contributed by atoms with van der Waals surface area (Å²) in [5.41, 5.74) is 0.212. The molecular weight excluding hydrogens is 589 g/mol. The number of β-amino-alcohol motifs (C(OH)–C–C–N with tert-alkyl or cyclic N) is 1. The minimum absolute atomic E-state index is 0.0459. The number of halogens is 2. The lowest BCUT2D eigenvalue weighted by atomic mass is 10.1. The molecule has 40 heavy (non-hydrogen) atoms. The lowest BCUT2D eigenvalue weighted by Crippen LogP contribution is -2.48. The van der Waals surface area contributed by atoms with Crippen LogP contribution in [0.2, 0.25) is 28.2 Å². The quantitative estimate of drug-likeness (QED) is 0.383. The van der Waals surface area contributed by atoms with E-state index in [2.05, 4.69) is 38.8 Å². The molecule has 2 atom stereocenters. The average Bonchev–Trinajstić information content (AvgIpc) is 3.22. The van der Waals surface area contributed by atoms with Gasteiger partial charge in [-0.05, 0) is 67.4 Å². The Labute approximate surface area is 248 Å². The number of rotatable bonds is 7. The van der Waals surface area contributed by atoms with Gasteiger partial charge in [0.05, 0.1) is 23.8 Å². The van der Waals surface area contributed by atoms with E-state index in [1.54, 1.807) is 18.2 Å². The number of hydrogen-bond donors (Lipinski definition) is 1. The fourth-order valence-electron chi connectivity index (χ4n) is 4.92. The largest absolute Gasteiger partial charge is 0.456 e. The van der Waals surface area contributed by atoms with Crippen LogP contribution in [0.5, 0.6) is 11.5 Å². The first-order chi connectivity index (χ1) is 18.6. The van der Waals surface area contributed by atoms with E-state index in [4.69, 9.17) is 32.4 Å². The van der Waals surface area contributed by atoms with E-state index in [0.29, 0.717) is 54.8 Å². The maximum absolute atomic E-state index is 13.8. The molecule has 2 aromatic rings. The SMILES string of the molecule is CC(C)(C)[Si](C)(C)OC1CN(C2CCN(S(=O)(=O)c3cc(C#N)ccc3Oc3cc(Cl)cc(Cl)c3)CC2)CC1O. The Morgan fingerprint density at radius 2 is 1.68 bits per heavy atom. The maximum Gasteiger partial charge on any atom is 0.246 e. The van der Waals surface area contributed by atoms with Crippen LogP contribution in [-0.2, 0) is 14.4 Å². The van der Waals surface area contributed by atoms with Gasteiger partial charge in [0, 0.05) is 42.3 Å². The van der Waals surface area contributed by atoms with Gasteiger partial charge in [0.15, 0.2) is 8.32 Å². The highest BCUT2D eigenvalue weighted by molar-refractivity contribution is 7.89. The van der Waals surface area contributed by atoms with Crippen molar-refractivity contribution < 1.29 is 22.7 Å². The topological polar surface area (TPSA) is 103 Å². The van der Waals surface area contributed by atoms with Crippen LogP contribution >= 0.6 is 23.2 Å². The molecule has 0 aromatic heterocycles. The molecule has 218 valence electrons. The standard InChI is InChI=1S/C28H37Cl2N3O5SSi/c1-28(2,3)40(4,5)38-26-18-32(17-24(26)34)22-8-10-33(11-9-22)39(35,36)27-12-19(16-31)6-7-25(27)37-23-14-20(29)13-21(30)15-23/h6-7,12-15,22,24,26,34H,8-11,17-18H2,1-5H3. The highest BCUT2D eigenvalue weighted by atomic mass is 35.5. The van der Waals surface area contributed by atoms with Crippen LogP contribution in [0.25, 0.3) is 0 Å². The minimum Gasteiger partial charge on any atom is -0.456 e. The normalized spacial score (nSPS) is 21.9. The van der Waals surface area contributed by atoms with Gasteiger partial charge >= 0.3 is 0 Å². The summed E-state index contributed by atoms with van der Waals surface area (Å²) < 4.78 is 41.5. The van der Waals surface area contributed by atoms with E-state index < -0.39 is 24.4 Å². The second-order valence-electron chi connectivity index (χ2n) is 12.1. The summed E-state index contributed by atoms with van der Waals surface area (Å²) in [6.45, 7) is 12.7. The first kappa shape index (κ1) is 31.3. The molecule has 4 rings (SSSR count). The molecule has 2 aliphatic heterocycles. The number of hydrogen-bond acceptors (Lipinski definition) is 7. The monoisotopic (exact) mass is 625 g/mol. The summed E-state index contributed by atoms with van der Waals surface area (Å²) in [6, 6.07) is 11.1. The third-order valence-electron chi connectivity index (χ3n) is 8.21. The fraction of sp³-hybridized carbons (Fsp3) is 0.536. The van der Waals surface area contributed by atoms with Crippen LogP contribution in [0.1, 0.15) is 39.2 Å². The summed E-state index contributed by atoms with van der Waals surface area (Å²) in [7, 11) is -6.01. The van der Waals surface area contributed by atoms with Gasteiger partial charge in [-0.15, -0.1) is 0 Å². The summed E-state index contributed by atoms with van der Waals surface area (Å²) in [5, 5.41) is 21.0. The number of aliphatic hydroxyl groups is 1. The highest BCUT2D eigenvalue weighted by Crippen LogP contribution is 2.39. The van der Waals surface area contributed by atoms with Crippen molar-refractivity contribution in [2.75, 3.05) is 26.2 Å². The number of benzene rings is 2. The molecule has 0 radical (unpaired) electrons. The van der Waals surface area contributed by atoms with Crippen LogP contribution in [0.3, 0.4) is 0 Å². The van der Waals surface area contributed by atoms with Crippen molar-refractivity contribution in [2.24, 2.45) is 0 Å². The maximum atomic E-state index is 13.8. The van der Waals surface area contributed by atoms with Gasteiger partial charge in [-0.25, -0.2) is 8.42 Å². The van der Waals surface area contributed by atoms with Gasteiger partial charge in [0.2, 0.25) is 10.0 Å². The molecule has 0 aliphatic carbocycles. The zero-order chi connectivity index (χ0) is 29.5. The molecule has 8 nitrogen and oxygen atoms in total. The van der Waals surface area contributed by atoms with E-state index in [-0.39, 0.29) is 33.4 Å². The molecule has 2 saturated heterocycles. The number of piperidine rings is 1. The van der Waals surface area contributed by atoms with Crippen LogP contribution in [0.4, 0.5) is 0 Å². The predicted octanol–water partition coefficient (Wildman–Crippen LogP) is 5.88. The lowest BCUT2D eigenvalue weighted by molar-refractivity contribution is 0.0643. The average molecular weight is 627 g/mol. The number of nitrogens with zero attached hydrogens (tertiary/aromatic N) is 3. The third kappa shape index (κ3) is 6.85. The number of likely N-dealkylation sites (tertiary alicyclic amines) is 1. The van der Waals surface area contributed by atoms with Gasteiger partial charge in [-0.3, -0.25) is 4.90 Å². The molecule has 0 amide bonds. The fourth-order valence-corrected chi connectivity index (χ4v) is 8.38. The van der Waals surface area contributed by atoms with E-state index >= 15 is 0 Å². The Bertz CT molecular complexity index is 1370. The number of sulfonamides is 1. The van der Waals surface area contributed by atoms with Crippen LogP contribution in [0, 0.1) is 11.3 Å². The van der Waals surface area contributed by atoms with Gasteiger partial charge < -0.3 is 14.3 Å². The number of ether oxygens (including phenoxy) is 1. The van der Waals surface area contributed by atoms with Gasteiger partial charge in [0.25, 0.3) is 0 Å². The molecule has 0 saturated carbocycles. The minimum atomic E-state index is -3.97. The van der Waals surface area contributed by atoms with Crippen LogP contribution < -0.4 is 4.74 Å². The molecule has 0 bridgehead atoms. The van der Waals surface area contributed by atoms with E-state index in [9.17, 15) is 18.8 Å². The van der Waals surface area contributed by atoms with Crippen molar-refractivity contribution in [2.45, 2.75) is 74.9 Å². The van der Waals surface area contributed by atoms with E-state index in [1.165, 1.54) is 22.5 Å². The summed E-state index contributed by atoms with van der Waals surface area (Å²) in [5.74, 6) is 0.382. The lowest BCUT2D eigenvalue weighted by Gasteiger charge is -2.39. The zero-order valence-corrected chi connectivity index (χ0v) is 26.9. The first-order valence-corrected chi connectivity index (χ1v) is 18.5. The Morgan fingerprint density at radius 3 is 2.25 bits per heavy atom. The van der Waals surface area contributed by atoms with Crippen LogP contribution in [0.15, 0.2) is 41.3 Å². The number of aliphatic hydroxyl groups excluding tert-OH is 1. The molecule has 2 fully saturated rings. The van der Waals surface area contributed by atoms with Crippen LogP contribution in [-0.4, -0.2) is 75.5 Å². The Kier molecular flexibility index (Phi) is 9.30. The molecule has 2 heterocycles. The molecule has 0 spiro atoms.